The zero-order chi connectivity index (χ0) is 13.0. The van der Waals surface area contributed by atoms with Crippen LogP contribution in [0.1, 0.15) is 17.3 Å². The highest BCUT2D eigenvalue weighted by molar-refractivity contribution is 7.99. The van der Waals surface area contributed by atoms with Crippen LogP contribution < -0.4 is 10.6 Å². The Kier molecular flexibility index (Phi) is 4.30. The summed E-state index contributed by atoms with van der Waals surface area (Å²) in [5.74, 6) is 2.58. The maximum absolute atomic E-state index is 11.7. The molecule has 1 aliphatic rings. The summed E-state index contributed by atoms with van der Waals surface area (Å²) in [7, 11) is 0. The molecule has 6 heteroatoms. The lowest BCUT2D eigenvalue weighted by Crippen LogP contribution is -2.33. The number of nitrogens with two attached hydrogens (primary N) is 1. The first kappa shape index (κ1) is 13.0. The van der Waals surface area contributed by atoms with Crippen LogP contribution >= 0.6 is 11.8 Å². The third kappa shape index (κ3) is 2.87. The van der Waals surface area contributed by atoms with Crippen LogP contribution in [-0.2, 0) is 4.74 Å². The molecule has 1 aromatic heterocycles. The van der Waals surface area contributed by atoms with E-state index in [9.17, 15) is 4.79 Å². The van der Waals surface area contributed by atoms with E-state index in [1.54, 1.807) is 13.0 Å². The third-order valence-electron chi connectivity index (χ3n) is 2.75. The molecule has 1 fully saturated rings. The highest BCUT2D eigenvalue weighted by atomic mass is 32.2. The molecule has 0 atom stereocenters. The van der Waals surface area contributed by atoms with Gasteiger partial charge in [-0.1, -0.05) is 0 Å². The van der Waals surface area contributed by atoms with Crippen molar-refractivity contribution in [3.8, 4) is 0 Å². The number of anilines is 2. The van der Waals surface area contributed by atoms with Gasteiger partial charge in [0.1, 0.15) is 5.82 Å². The number of ether oxygens (including phenoxy) is 1. The predicted molar refractivity (Wildman–Crippen MR) is 74.1 cm³/mol. The first-order chi connectivity index (χ1) is 8.72. The predicted octanol–water partition coefficient (Wildman–Crippen LogP) is 1.39. The van der Waals surface area contributed by atoms with Crippen molar-refractivity contribution in [1.29, 1.82) is 0 Å². The van der Waals surface area contributed by atoms with Gasteiger partial charge in [0.2, 0.25) is 0 Å². The highest BCUT2D eigenvalue weighted by Crippen LogP contribution is 2.21. The summed E-state index contributed by atoms with van der Waals surface area (Å²) in [4.78, 5) is 18.2. The Balaban J connectivity index is 2.22. The Morgan fingerprint density at radius 3 is 2.94 bits per heavy atom. The first-order valence-corrected chi connectivity index (χ1v) is 7.13. The van der Waals surface area contributed by atoms with Crippen molar-refractivity contribution >= 4 is 29.2 Å². The van der Waals surface area contributed by atoms with Crippen LogP contribution in [0.5, 0.6) is 0 Å². The second kappa shape index (κ2) is 5.95. The SMILES string of the molecule is CCOC(=O)c1cc(N2CCSCC2)ncc1N. The molecule has 5 nitrogen and oxygen atoms in total. The molecule has 0 saturated carbocycles. The number of nitrogen functional groups attached to an aromatic ring is 1. The molecule has 18 heavy (non-hydrogen) atoms. The van der Waals surface area contributed by atoms with E-state index in [2.05, 4.69) is 9.88 Å². The third-order valence-corrected chi connectivity index (χ3v) is 3.69. The number of carbonyl (C=O) groups excluding carboxylic acids is 1. The number of hydrogen-bond donors (Lipinski definition) is 1. The fraction of sp³-hybridized carbons (Fsp3) is 0.500. The van der Waals surface area contributed by atoms with E-state index in [0.717, 1.165) is 30.4 Å². The molecular weight excluding hydrogens is 250 g/mol. The average molecular weight is 267 g/mol. The van der Waals surface area contributed by atoms with Crippen LogP contribution in [0, 0.1) is 0 Å². The van der Waals surface area contributed by atoms with Gasteiger partial charge in [-0.3, -0.25) is 0 Å². The van der Waals surface area contributed by atoms with Gasteiger partial charge in [0.25, 0.3) is 0 Å². The quantitative estimate of drug-likeness (QED) is 0.835. The lowest BCUT2D eigenvalue weighted by molar-refractivity contribution is 0.0527. The standard InChI is InChI=1S/C12H17N3O2S/c1-2-17-12(16)9-7-11(14-8-10(9)13)15-3-5-18-6-4-15/h7-8H,2-6,13H2,1H3. The number of esters is 1. The number of carbonyl (C=O) groups is 1. The summed E-state index contributed by atoms with van der Waals surface area (Å²) in [5, 5.41) is 0. The van der Waals surface area contributed by atoms with Gasteiger partial charge in [-0.25, -0.2) is 9.78 Å². The van der Waals surface area contributed by atoms with Crippen molar-refractivity contribution in [1.82, 2.24) is 4.98 Å². The Labute approximate surface area is 111 Å². The number of pyridine rings is 1. The monoisotopic (exact) mass is 267 g/mol. The van der Waals surface area contributed by atoms with Crippen LogP contribution in [0.15, 0.2) is 12.3 Å². The molecular formula is C12H17N3O2S. The minimum absolute atomic E-state index is 0.344. The number of thioether (sulfide) groups is 1. The van der Waals surface area contributed by atoms with Gasteiger partial charge in [-0.2, -0.15) is 11.8 Å². The second-order valence-electron chi connectivity index (χ2n) is 3.95. The number of nitrogens with zero attached hydrogens (tertiary/aromatic N) is 2. The average Bonchev–Trinajstić information content (AvgIpc) is 2.40. The van der Waals surface area contributed by atoms with Crippen molar-refractivity contribution in [3.63, 3.8) is 0 Å². The van der Waals surface area contributed by atoms with Gasteiger partial charge in [-0.05, 0) is 13.0 Å². The van der Waals surface area contributed by atoms with Crippen molar-refractivity contribution in [2.24, 2.45) is 0 Å². The van der Waals surface area contributed by atoms with E-state index >= 15 is 0 Å². The van der Waals surface area contributed by atoms with Gasteiger partial charge in [0.15, 0.2) is 0 Å². The largest absolute Gasteiger partial charge is 0.462 e. The van der Waals surface area contributed by atoms with E-state index in [1.165, 1.54) is 6.20 Å². The molecule has 1 aliphatic heterocycles. The number of aromatic nitrogens is 1. The van der Waals surface area contributed by atoms with Gasteiger partial charge >= 0.3 is 5.97 Å². The maximum Gasteiger partial charge on any atom is 0.340 e. The van der Waals surface area contributed by atoms with Crippen LogP contribution in [0.2, 0.25) is 0 Å². The van der Waals surface area contributed by atoms with E-state index in [0.29, 0.717) is 17.9 Å². The van der Waals surface area contributed by atoms with Gasteiger partial charge in [0, 0.05) is 24.6 Å². The number of rotatable bonds is 3. The molecule has 0 bridgehead atoms. The second-order valence-corrected chi connectivity index (χ2v) is 5.17. The van der Waals surface area contributed by atoms with Crippen LogP contribution in [0.25, 0.3) is 0 Å². The van der Waals surface area contributed by atoms with Gasteiger partial charge in [-0.15, -0.1) is 0 Å². The van der Waals surface area contributed by atoms with Crippen molar-refractivity contribution < 1.29 is 9.53 Å². The van der Waals surface area contributed by atoms with E-state index in [4.69, 9.17) is 10.5 Å². The zero-order valence-corrected chi connectivity index (χ0v) is 11.2. The smallest absolute Gasteiger partial charge is 0.340 e. The molecule has 0 aliphatic carbocycles. The summed E-state index contributed by atoms with van der Waals surface area (Å²) in [6.07, 6.45) is 1.53. The molecule has 2 heterocycles. The van der Waals surface area contributed by atoms with Gasteiger partial charge in [0.05, 0.1) is 24.1 Å². The molecule has 0 amide bonds. The number of hydrogen-bond acceptors (Lipinski definition) is 6. The zero-order valence-electron chi connectivity index (χ0n) is 10.4. The molecule has 0 unspecified atom stereocenters. The minimum atomic E-state index is -0.384. The van der Waals surface area contributed by atoms with Gasteiger partial charge < -0.3 is 15.4 Å². The Hall–Kier alpha value is -1.43. The fourth-order valence-corrected chi connectivity index (χ4v) is 2.71. The molecule has 98 valence electrons. The minimum Gasteiger partial charge on any atom is -0.462 e. The van der Waals surface area contributed by atoms with E-state index in [-0.39, 0.29) is 5.97 Å². The van der Waals surface area contributed by atoms with E-state index in [1.807, 2.05) is 11.8 Å². The highest BCUT2D eigenvalue weighted by Gasteiger charge is 2.17. The summed E-state index contributed by atoms with van der Waals surface area (Å²) in [6, 6.07) is 1.73. The van der Waals surface area contributed by atoms with Crippen LogP contribution in [0.3, 0.4) is 0 Å². The van der Waals surface area contributed by atoms with Crippen molar-refractivity contribution in [2.75, 3.05) is 41.8 Å². The van der Waals surface area contributed by atoms with E-state index < -0.39 is 0 Å². The summed E-state index contributed by atoms with van der Waals surface area (Å²) >= 11 is 1.93. The van der Waals surface area contributed by atoms with Crippen molar-refractivity contribution in [2.45, 2.75) is 6.92 Å². The molecule has 0 spiro atoms. The molecule has 1 aromatic rings. The molecule has 2 N–H and O–H groups in total. The summed E-state index contributed by atoms with van der Waals surface area (Å²) in [5.41, 5.74) is 6.53. The Morgan fingerprint density at radius 2 is 2.28 bits per heavy atom. The molecule has 0 radical (unpaired) electrons. The fourth-order valence-electron chi connectivity index (χ4n) is 1.81. The summed E-state index contributed by atoms with van der Waals surface area (Å²) < 4.78 is 4.98. The normalized spacial score (nSPS) is 15.5. The molecule has 1 saturated heterocycles. The lowest BCUT2D eigenvalue weighted by atomic mass is 10.2. The Bertz CT molecular complexity index is 433. The molecule has 2 rings (SSSR count). The topological polar surface area (TPSA) is 68.5 Å². The maximum atomic E-state index is 11.7. The Morgan fingerprint density at radius 1 is 1.56 bits per heavy atom. The van der Waals surface area contributed by atoms with Crippen LogP contribution in [-0.4, -0.2) is 42.2 Å². The van der Waals surface area contributed by atoms with Crippen LogP contribution in [0.4, 0.5) is 11.5 Å². The first-order valence-electron chi connectivity index (χ1n) is 5.97. The van der Waals surface area contributed by atoms with Crippen molar-refractivity contribution in [3.05, 3.63) is 17.8 Å². The lowest BCUT2D eigenvalue weighted by Gasteiger charge is -2.27. The summed E-state index contributed by atoms with van der Waals surface area (Å²) in [6.45, 7) is 4.02. The molecule has 0 aromatic carbocycles.